The number of rotatable bonds is 2. The second-order valence-electron chi connectivity index (χ2n) is 5.90. The van der Waals surface area contributed by atoms with Crippen LogP contribution in [0.15, 0.2) is 57.5 Å². The molecule has 2 heterocycles. The van der Waals surface area contributed by atoms with E-state index in [0.717, 1.165) is 21.3 Å². The maximum atomic E-state index is 12.9. The highest BCUT2D eigenvalue weighted by atomic mass is 79.9. The number of amides is 1. The number of carbonyl (C=O) groups excluding carboxylic acids is 1. The number of hydrogen-bond donors (Lipinski definition) is 0. The average molecular weight is 418 g/mol. The van der Waals surface area contributed by atoms with Gasteiger partial charge in [-0.15, -0.1) is 0 Å². The highest BCUT2D eigenvalue weighted by Crippen LogP contribution is 2.32. The third-order valence-electron chi connectivity index (χ3n) is 4.33. The Kier molecular flexibility index (Phi) is 4.36. The zero-order chi connectivity index (χ0) is 17.4. The fourth-order valence-corrected chi connectivity index (χ4v) is 3.60. The minimum absolute atomic E-state index is 0.00128. The second-order valence-corrected chi connectivity index (χ2v) is 7.19. The predicted octanol–water partition coefficient (Wildman–Crippen LogP) is 4.96. The van der Waals surface area contributed by atoms with Crippen LogP contribution in [-0.4, -0.2) is 22.5 Å². The molecule has 0 saturated heterocycles. The first-order valence-electron chi connectivity index (χ1n) is 7.90. The number of benzene rings is 2. The van der Waals surface area contributed by atoms with Gasteiger partial charge >= 0.3 is 0 Å². The Balaban J connectivity index is 1.65. The van der Waals surface area contributed by atoms with Crippen LogP contribution in [0.1, 0.15) is 21.6 Å². The summed E-state index contributed by atoms with van der Waals surface area (Å²) in [6, 6.07) is 14.9. The molecule has 0 fully saturated rings. The van der Waals surface area contributed by atoms with E-state index in [1.807, 2.05) is 53.4 Å². The first kappa shape index (κ1) is 16.4. The lowest BCUT2D eigenvalue weighted by atomic mass is 10.0. The molecule has 6 heteroatoms. The van der Waals surface area contributed by atoms with Crippen molar-refractivity contribution in [1.29, 1.82) is 0 Å². The van der Waals surface area contributed by atoms with Gasteiger partial charge < -0.3 is 9.42 Å². The maximum Gasteiger partial charge on any atom is 0.255 e. The molecule has 1 aliphatic heterocycles. The van der Waals surface area contributed by atoms with Crippen LogP contribution in [0.5, 0.6) is 0 Å². The van der Waals surface area contributed by atoms with Gasteiger partial charge in [0, 0.05) is 33.6 Å². The lowest BCUT2D eigenvalue weighted by molar-refractivity contribution is 0.0733. The summed E-state index contributed by atoms with van der Waals surface area (Å²) in [5.74, 6) is 0.706. The fourth-order valence-electron chi connectivity index (χ4n) is 3.02. The van der Waals surface area contributed by atoms with E-state index in [2.05, 4.69) is 21.1 Å². The molecule has 0 aliphatic carbocycles. The van der Waals surface area contributed by atoms with Gasteiger partial charge in [-0.1, -0.05) is 28.9 Å². The molecule has 0 spiro atoms. The Hall–Kier alpha value is -2.11. The molecule has 1 amide bonds. The zero-order valence-corrected chi connectivity index (χ0v) is 15.5. The van der Waals surface area contributed by atoms with E-state index in [1.54, 1.807) is 0 Å². The summed E-state index contributed by atoms with van der Waals surface area (Å²) >= 11 is 9.42. The van der Waals surface area contributed by atoms with Crippen LogP contribution < -0.4 is 0 Å². The Morgan fingerprint density at radius 2 is 1.92 bits per heavy atom. The number of carbonyl (C=O) groups is 1. The molecule has 4 rings (SSSR count). The third kappa shape index (κ3) is 3.10. The van der Waals surface area contributed by atoms with Gasteiger partial charge in [-0.05, 0) is 52.3 Å². The van der Waals surface area contributed by atoms with Crippen molar-refractivity contribution in [2.75, 3.05) is 6.54 Å². The van der Waals surface area contributed by atoms with Crippen molar-refractivity contribution >= 4 is 33.4 Å². The molecule has 0 unspecified atom stereocenters. The summed E-state index contributed by atoms with van der Waals surface area (Å²) in [6.45, 7) is 1.11. The molecule has 126 valence electrons. The van der Waals surface area contributed by atoms with Gasteiger partial charge in [0.1, 0.15) is 0 Å². The number of halogens is 2. The smallest absolute Gasteiger partial charge is 0.255 e. The van der Waals surface area contributed by atoms with Crippen molar-refractivity contribution in [2.45, 2.75) is 13.0 Å². The van der Waals surface area contributed by atoms with Crippen molar-refractivity contribution in [3.63, 3.8) is 0 Å². The van der Waals surface area contributed by atoms with Crippen molar-refractivity contribution < 1.29 is 9.32 Å². The van der Waals surface area contributed by atoms with Gasteiger partial charge in [0.25, 0.3) is 5.91 Å². The van der Waals surface area contributed by atoms with Crippen LogP contribution in [0.4, 0.5) is 0 Å². The third-order valence-corrected chi connectivity index (χ3v) is 5.28. The number of fused-ring (bicyclic) bond motifs is 1. The molecule has 1 aliphatic rings. The summed E-state index contributed by atoms with van der Waals surface area (Å²) < 4.78 is 6.36. The van der Waals surface area contributed by atoms with Gasteiger partial charge in [-0.25, -0.2) is 0 Å². The van der Waals surface area contributed by atoms with E-state index in [1.165, 1.54) is 0 Å². The Morgan fingerprint density at radius 1 is 1.16 bits per heavy atom. The molecule has 0 atom stereocenters. The van der Waals surface area contributed by atoms with E-state index in [4.69, 9.17) is 16.1 Å². The van der Waals surface area contributed by atoms with Crippen molar-refractivity contribution in [2.24, 2.45) is 0 Å². The first-order chi connectivity index (χ1) is 12.1. The standard InChI is InChI=1S/C19H14BrClN2O2/c20-16-4-2-1-3-14(16)19(24)23-10-9-17-15(11-23)18(25-22-17)12-5-7-13(21)8-6-12/h1-8H,9-11H2. The molecule has 2 aromatic carbocycles. The van der Waals surface area contributed by atoms with Crippen molar-refractivity contribution in [3.8, 4) is 11.3 Å². The van der Waals surface area contributed by atoms with Crippen LogP contribution in [0.3, 0.4) is 0 Å². The molecule has 0 radical (unpaired) electrons. The van der Waals surface area contributed by atoms with Crippen LogP contribution >= 0.6 is 27.5 Å². The molecule has 3 aromatic rings. The van der Waals surface area contributed by atoms with E-state index in [0.29, 0.717) is 35.9 Å². The Morgan fingerprint density at radius 3 is 2.68 bits per heavy atom. The Labute approximate surface area is 158 Å². The number of hydrogen-bond acceptors (Lipinski definition) is 3. The lowest BCUT2D eigenvalue weighted by Gasteiger charge is -2.26. The van der Waals surface area contributed by atoms with Gasteiger partial charge in [-0.3, -0.25) is 4.79 Å². The molecular weight excluding hydrogens is 404 g/mol. The van der Waals surface area contributed by atoms with E-state index in [9.17, 15) is 4.79 Å². The largest absolute Gasteiger partial charge is 0.356 e. The molecule has 0 saturated carbocycles. The summed E-state index contributed by atoms with van der Waals surface area (Å²) in [7, 11) is 0. The van der Waals surface area contributed by atoms with Gasteiger partial charge in [0.05, 0.1) is 17.8 Å². The minimum atomic E-state index is 0.00128. The van der Waals surface area contributed by atoms with Gasteiger partial charge in [0.2, 0.25) is 0 Å². The summed E-state index contributed by atoms with van der Waals surface area (Å²) in [6.07, 6.45) is 0.683. The minimum Gasteiger partial charge on any atom is -0.356 e. The van der Waals surface area contributed by atoms with Crippen LogP contribution in [0.25, 0.3) is 11.3 Å². The van der Waals surface area contributed by atoms with Crippen molar-refractivity contribution in [1.82, 2.24) is 10.1 Å². The maximum absolute atomic E-state index is 12.9. The van der Waals surface area contributed by atoms with Crippen LogP contribution in [0.2, 0.25) is 5.02 Å². The van der Waals surface area contributed by atoms with Crippen molar-refractivity contribution in [3.05, 3.63) is 74.8 Å². The Bertz CT molecular complexity index is 937. The van der Waals surface area contributed by atoms with E-state index >= 15 is 0 Å². The fraction of sp³-hybridized carbons (Fsp3) is 0.158. The summed E-state index contributed by atoms with van der Waals surface area (Å²) in [5.41, 5.74) is 3.46. The molecule has 0 N–H and O–H groups in total. The highest BCUT2D eigenvalue weighted by Gasteiger charge is 2.28. The molecule has 4 nitrogen and oxygen atoms in total. The SMILES string of the molecule is O=C(c1ccccc1Br)N1CCc2noc(-c3ccc(Cl)cc3)c2C1. The summed E-state index contributed by atoms with van der Waals surface area (Å²) in [5, 5.41) is 4.85. The van der Waals surface area contributed by atoms with Gasteiger partial charge in [-0.2, -0.15) is 0 Å². The predicted molar refractivity (Wildman–Crippen MR) is 99.5 cm³/mol. The normalized spacial score (nSPS) is 13.6. The second kappa shape index (κ2) is 6.65. The first-order valence-corrected chi connectivity index (χ1v) is 9.08. The van der Waals surface area contributed by atoms with Crippen LogP contribution in [0, 0.1) is 0 Å². The molecule has 25 heavy (non-hydrogen) atoms. The van der Waals surface area contributed by atoms with E-state index in [-0.39, 0.29) is 5.91 Å². The zero-order valence-electron chi connectivity index (χ0n) is 13.2. The lowest BCUT2D eigenvalue weighted by Crippen LogP contribution is -2.36. The molecule has 0 bridgehead atoms. The van der Waals surface area contributed by atoms with E-state index < -0.39 is 0 Å². The highest BCUT2D eigenvalue weighted by molar-refractivity contribution is 9.10. The average Bonchev–Trinajstić information content (AvgIpc) is 3.05. The monoisotopic (exact) mass is 416 g/mol. The molecule has 1 aromatic heterocycles. The quantitative estimate of drug-likeness (QED) is 0.592. The summed E-state index contributed by atoms with van der Waals surface area (Å²) in [4.78, 5) is 14.7. The van der Waals surface area contributed by atoms with Crippen LogP contribution in [-0.2, 0) is 13.0 Å². The number of nitrogens with zero attached hydrogens (tertiary/aromatic N) is 2. The molecular formula is C19H14BrClN2O2. The topological polar surface area (TPSA) is 46.3 Å². The van der Waals surface area contributed by atoms with Gasteiger partial charge in [0.15, 0.2) is 5.76 Å². The number of aromatic nitrogens is 1.